The summed E-state index contributed by atoms with van der Waals surface area (Å²) in [5.41, 5.74) is 0.480. The van der Waals surface area contributed by atoms with Gasteiger partial charge in [-0.25, -0.2) is 13.2 Å². The summed E-state index contributed by atoms with van der Waals surface area (Å²) in [5, 5.41) is 2.65. The minimum atomic E-state index is -3.50. The highest BCUT2D eigenvalue weighted by Gasteiger charge is 2.18. The van der Waals surface area contributed by atoms with Crippen molar-refractivity contribution < 1.29 is 22.7 Å². The number of hydrogen-bond acceptors (Lipinski definition) is 5. The van der Waals surface area contributed by atoms with Crippen molar-refractivity contribution >= 4 is 61.6 Å². The molecule has 0 heterocycles. The summed E-state index contributed by atoms with van der Waals surface area (Å²) in [4.78, 5) is 23.9. The lowest BCUT2D eigenvalue weighted by Crippen LogP contribution is -2.21. The van der Waals surface area contributed by atoms with Gasteiger partial charge in [-0.2, -0.15) is 0 Å². The number of ether oxygens (including phenoxy) is 1. The Bertz CT molecular complexity index is 930. The number of benzene rings is 2. The zero-order valence-corrected chi connectivity index (χ0v) is 16.7. The molecule has 0 saturated carbocycles. The van der Waals surface area contributed by atoms with E-state index < -0.39 is 28.3 Å². The lowest BCUT2D eigenvalue weighted by molar-refractivity contribution is -0.119. The maximum atomic E-state index is 12.1. The first kappa shape index (κ1) is 19.7. The Labute approximate surface area is 163 Å². The van der Waals surface area contributed by atoms with E-state index in [1.807, 2.05) is 12.1 Å². The molecule has 0 unspecified atom stereocenters. The molecule has 132 valence electrons. The van der Waals surface area contributed by atoms with E-state index in [1.165, 1.54) is 12.1 Å². The quantitative estimate of drug-likeness (QED) is 0.511. The normalized spacial score (nSPS) is 11.0. The van der Waals surface area contributed by atoms with Gasteiger partial charge in [-0.05, 0) is 52.9 Å². The van der Waals surface area contributed by atoms with Gasteiger partial charge in [0.15, 0.2) is 16.4 Å². The molecule has 25 heavy (non-hydrogen) atoms. The second kappa shape index (κ2) is 8.15. The van der Waals surface area contributed by atoms with Gasteiger partial charge in [0.25, 0.3) is 5.91 Å². The molecule has 0 fully saturated rings. The van der Waals surface area contributed by atoms with Gasteiger partial charge in [-0.3, -0.25) is 4.79 Å². The van der Waals surface area contributed by atoms with Crippen LogP contribution in [0.5, 0.6) is 0 Å². The molecule has 2 rings (SSSR count). The van der Waals surface area contributed by atoms with Crippen LogP contribution in [0.1, 0.15) is 10.4 Å². The van der Waals surface area contributed by atoms with Gasteiger partial charge >= 0.3 is 5.97 Å². The van der Waals surface area contributed by atoms with Gasteiger partial charge in [-0.1, -0.05) is 23.7 Å². The first-order valence-electron chi connectivity index (χ1n) is 6.89. The Morgan fingerprint density at radius 1 is 1.20 bits per heavy atom. The Hall–Kier alpha value is -1.65. The molecule has 0 atom stereocenters. The molecule has 1 N–H and O–H groups in total. The Morgan fingerprint density at radius 3 is 2.52 bits per heavy atom. The zero-order valence-electron chi connectivity index (χ0n) is 13.0. The largest absolute Gasteiger partial charge is 0.452 e. The van der Waals surface area contributed by atoms with Crippen molar-refractivity contribution in [3.8, 4) is 0 Å². The topological polar surface area (TPSA) is 89.5 Å². The number of nitrogens with one attached hydrogen (secondary N) is 1. The van der Waals surface area contributed by atoms with Gasteiger partial charge in [0, 0.05) is 9.83 Å². The molecule has 0 aliphatic rings. The zero-order chi connectivity index (χ0) is 18.6. The minimum Gasteiger partial charge on any atom is -0.452 e. The maximum Gasteiger partial charge on any atom is 0.340 e. The Morgan fingerprint density at radius 2 is 1.88 bits per heavy atom. The van der Waals surface area contributed by atoms with E-state index in [0.717, 1.165) is 15.9 Å². The summed E-state index contributed by atoms with van der Waals surface area (Å²) < 4.78 is 28.9. The number of hydrogen-bond donors (Lipinski definition) is 1. The van der Waals surface area contributed by atoms with Crippen molar-refractivity contribution in [2.75, 3.05) is 18.2 Å². The molecule has 0 aliphatic carbocycles. The molecule has 0 aromatic heterocycles. The molecule has 0 radical (unpaired) electrons. The Balaban J connectivity index is 2.05. The lowest BCUT2D eigenvalue weighted by atomic mass is 10.2. The monoisotopic (exact) mass is 493 g/mol. The van der Waals surface area contributed by atoms with E-state index in [2.05, 4.69) is 27.9 Å². The van der Waals surface area contributed by atoms with Crippen LogP contribution in [0.3, 0.4) is 0 Å². The van der Waals surface area contributed by atoms with Crippen molar-refractivity contribution in [3.63, 3.8) is 0 Å². The average molecular weight is 494 g/mol. The van der Waals surface area contributed by atoms with Gasteiger partial charge in [0.1, 0.15) is 0 Å². The van der Waals surface area contributed by atoms with Crippen molar-refractivity contribution in [2.45, 2.75) is 4.90 Å². The summed E-state index contributed by atoms with van der Waals surface area (Å²) in [6.07, 6.45) is 1.01. The van der Waals surface area contributed by atoms with Crippen molar-refractivity contribution in [3.05, 3.63) is 56.6 Å². The summed E-state index contributed by atoms with van der Waals surface area (Å²) in [6, 6.07) is 10.8. The molecule has 0 spiro atoms. The first-order chi connectivity index (χ1) is 11.7. The van der Waals surface area contributed by atoms with E-state index in [1.54, 1.807) is 12.1 Å². The lowest BCUT2D eigenvalue weighted by Gasteiger charge is -2.09. The smallest absolute Gasteiger partial charge is 0.340 e. The third kappa shape index (κ3) is 5.41. The highest BCUT2D eigenvalue weighted by Crippen LogP contribution is 2.21. The summed E-state index contributed by atoms with van der Waals surface area (Å²) >= 11 is 7.97. The third-order valence-electron chi connectivity index (χ3n) is 3.07. The number of esters is 1. The van der Waals surface area contributed by atoms with Crippen molar-refractivity contribution in [1.29, 1.82) is 0 Å². The average Bonchev–Trinajstić information content (AvgIpc) is 2.54. The number of rotatable bonds is 5. The van der Waals surface area contributed by atoms with Crippen LogP contribution in [0.4, 0.5) is 5.69 Å². The van der Waals surface area contributed by atoms with Crippen LogP contribution in [0, 0.1) is 3.57 Å². The fourth-order valence-electron chi connectivity index (χ4n) is 1.85. The van der Waals surface area contributed by atoms with Crippen LogP contribution in [-0.4, -0.2) is 33.2 Å². The molecule has 0 saturated heterocycles. The number of anilines is 1. The van der Waals surface area contributed by atoms with Gasteiger partial charge in [0.05, 0.1) is 21.2 Å². The second-order valence-electron chi connectivity index (χ2n) is 5.02. The molecule has 9 heteroatoms. The van der Waals surface area contributed by atoms with Crippen molar-refractivity contribution in [1.82, 2.24) is 0 Å². The van der Waals surface area contributed by atoms with Crippen LogP contribution >= 0.6 is 34.2 Å². The second-order valence-corrected chi connectivity index (χ2v) is 8.60. The first-order valence-corrected chi connectivity index (χ1v) is 10.2. The maximum absolute atomic E-state index is 12.1. The number of carbonyl (C=O) groups excluding carboxylic acids is 2. The number of para-hydroxylation sites is 1. The molecule has 6 nitrogen and oxygen atoms in total. The van der Waals surface area contributed by atoms with E-state index in [-0.39, 0.29) is 15.5 Å². The third-order valence-corrected chi connectivity index (χ3v) is 5.45. The fraction of sp³-hybridized carbons (Fsp3) is 0.125. The van der Waals surface area contributed by atoms with Gasteiger partial charge < -0.3 is 10.1 Å². The van der Waals surface area contributed by atoms with Crippen LogP contribution in [0.25, 0.3) is 0 Å². The van der Waals surface area contributed by atoms with Gasteiger partial charge in [0.2, 0.25) is 0 Å². The molecule has 1 amide bonds. The van der Waals surface area contributed by atoms with Gasteiger partial charge in [-0.15, -0.1) is 0 Å². The minimum absolute atomic E-state index is 0.0374. The predicted octanol–water partition coefficient (Wildman–Crippen LogP) is 3.14. The number of sulfone groups is 1. The van der Waals surface area contributed by atoms with E-state index >= 15 is 0 Å². The Kier molecular flexibility index (Phi) is 6.42. The standard InChI is InChI=1S/C16H13ClINO5S/c1-25(22,23)10-6-7-12(17)11(8-10)16(21)24-9-15(20)19-14-5-3-2-4-13(14)18/h2-8H,9H2,1H3,(H,19,20). The highest BCUT2D eigenvalue weighted by molar-refractivity contribution is 14.1. The van der Waals surface area contributed by atoms with Crippen LogP contribution in [0.2, 0.25) is 5.02 Å². The van der Waals surface area contributed by atoms with Crippen LogP contribution in [-0.2, 0) is 19.4 Å². The predicted molar refractivity (Wildman–Crippen MR) is 103 cm³/mol. The van der Waals surface area contributed by atoms with E-state index in [9.17, 15) is 18.0 Å². The van der Waals surface area contributed by atoms with Crippen molar-refractivity contribution in [2.24, 2.45) is 0 Å². The summed E-state index contributed by atoms with van der Waals surface area (Å²) in [6.45, 7) is -0.525. The number of halogens is 2. The summed E-state index contributed by atoms with van der Waals surface area (Å²) in [7, 11) is -3.50. The molecule has 0 bridgehead atoms. The van der Waals surface area contributed by atoms with Crippen LogP contribution in [0.15, 0.2) is 47.4 Å². The SMILES string of the molecule is CS(=O)(=O)c1ccc(Cl)c(C(=O)OCC(=O)Nc2ccccc2I)c1. The number of carbonyl (C=O) groups is 2. The van der Waals surface area contributed by atoms with E-state index in [4.69, 9.17) is 16.3 Å². The fourth-order valence-corrected chi connectivity index (χ4v) is 3.21. The molecular formula is C16H13ClINO5S. The summed E-state index contributed by atoms with van der Waals surface area (Å²) in [5.74, 6) is -1.40. The molecule has 0 aliphatic heterocycles. The highest BCUT2D eigenvalue weighted by atomic mass is 127. The molecule has 2 aromatic rings. The number of amides is 1. The molecule has 2 aromatic carbocycles. The van der Waals surface area contributed by atoms with E-state index in [0.29, 0.717) is 5.69 Å². The van der Waals surface area contributed by atoms with Crippen LogP contribution < -0.4 is 5.32 Å². The molecular weight excluding hydrogens is 481 g/mol.